The van der Waals surface area contributed by atoms with E-state index in [1.807, 2.05) is 10.6 Å². The van der Waals surface area contributed by atoms with Crippen LogP contribution in [0.15, 0.2) is 37.2 Å². The van der Waals surface area contributed by atoms with Gasteiger partial charge in [-0.15, -0.1) is 0 Å². The molecule has 18 heavy (non-hydrogen) atoms. The maximum Gasteiger partial charge on any atom is 0.174 e. The zero-order valence-corrected chi connectivity index (χ0v) is 10.5. The summed E-state index contributed by atoms with van der Waals surface area (Å²) in [6, 6.07) is 0. The first-order chi connectivity index (χ1) is 8.68. The molecule has 0 spiro atoms. The van der Waals surface area contributed by atoms with Crippen molar-refractivity contribution in [2.24, 2.45) is 0 Å². The lowest BCUT2D eigenvalue weighted by Crippen LogP contribution is -1.90. The molecule has 8 heteroatoms. The Labute approximate surface area is 112 Å². The summed E-state index contributed by atoms with van der Waals surface area (Å²) in [4.78, 5) is 15.2. The van der Waals surface area contributed by atoms with E-state index in [1.54, 1.807) is 18.6 Å². The Balaban J connectivity index is 0.000000138. The summed E-state index contributed by atoms with van der Waals surface area (Å²) in [7, 11) is 0. The Morgan fingerprint density at radius 1 is 0.833 bits per heavy atom. The van der Waals surface area contributed by atoms with Crippen LogP contribution in [0, 0.1) is 0 Å². The predicted molar refractivity (Wildman–Crippen MR) is 69.5 cm³/mol. The molecule has 0 aliphatic heterocycles. The summed E-state index contributed by atoms with van der Waals surface area (Å²) >= 11 is 11.1. The molecule has 3 rings (SSSR count). The van der Waals surface area contributed by atoms with E-state index in [0.29, 0.717) is 10.8 Å². The number of nitrogens with zero attached hydrogens (tertiary/aromatic N) is 5. The van der Waals surface area contributed by atoms with Crippen LogP contribution in [0.4, 0.5) is 5.82 Å². The van der Waals surface area contributed by atoms with Gasteiger partial charge in [-0.3, -0.25) is 0 Å². The third kappa shape index (κ3) is 2.85. The van der Waals surface area contributed by atoms with Gasteiger partial charge < -0.3 is 10.1 Å². The number of rotatable bonds is 0. The zero-order chi connectivity index (χ0) is 13.0. The topological polar surface area (TPSA) is 82.0 Å². The monoisotopic (exact) mass is 282 g/mol. The quantitative estimate of drug-likeness (QED) is 0.683. The average molecular weight is 283 g/mol. The maximum atomic E-state index is 5.70. The molecule has 92 valence electrons. The second-order valence-electron chi connectivity index (χ2n) is 3.11. The Morgan fingerprint density at radius 3 is 2.00 bits per heavy atom. The predicted octanol–water partition coefficient (Wildman–Crippen LogP) is 2.09. The molecule has 2 N–H and O–H groups in total. The van der Waals surface area contributed by atoms with Gasteiger partial charge in [0.25, 0.3) is 0 Å². The Hall–Kier alpha value is -1.92. The van der Waals surface area contributed by atoms with Crippen molar-refractivity contribution < 1.29 is 0 Å². The molecule has 0 bridgehead atoms. The average Bonchev–Trinajstić information content (AvgIpc) is 2.84. The van der Waals surface area contributed by atoms with Crippen LogP contribution in [-0.2, 0) is 0 Å². The molecule has 0 saturated heterocycles. The number of halogens is 2. The number of hydrogen-bond acceptors (Lipinski definition) is 5. The summed E-state index contributed by atoms with van der Waals surface area (Å²) in [5, 5.41) is 0.694. The molecule has 0 unspecified atom stereocenters. The van der Waals surface area contributed by atoms with Crippen molar-refractivity contribution in [3.63, 3.8) is 0 Å². The van der Waals surface area contributed by atoms with Gasteiger partial charge in [0.15, 0.2) is 21.8 Å². The minimum atomic E-state index is 0.257. The highest BCUT2D eigenvalue weighted by Crippen LogP contribution is 2.09. The largest absolute Gasteiger partial charge is 0.381 e. The summed E-state index contributed by atoms with van der Waals surface area (Å²) in [5.74, 6) is 0.272. The van der Waals surface area contributed by atoms with Crippen molar-refractivity contribution in [2.45, 2.75) is 0 Å². The maximum absolute atomic E-state index is 5.70. The van der Waals surface area contributed by atoms with Gasteiger partial charge in [0.05, 0.1) is 0 Å². The number of fused-ring (bicyclic) bond motifs is 1. The summed E-state index contributed by atoms with van der Waals surface area (Å²) in [5.41, 5.74) is 5.91. The van der Waals surface area contributed by atoms with E-state index in [9.17, 15) is 0 Å². The number of nitrogens with two attached hydrogens (primary N) is 1. The number of aromatic nitrogens is 5. The van der Waals surface area contributed by atoms with E-state index in [2.05, 4.69) is 19.9 Å². The molecule has 0 aromatic carbocycles. The summed E-state index contributed by atoms with van der Waals surface area (Å²) in [6.45, 7) is 0. The van der Waals surface area contributed by atoms with Crippen LogP contribution < -0.4 is 5.73 Å². The van der Waals surface area contributed by atoms with Gasteiger partial charge in [0.2, 0.25) is 0 Å². The van der Waals surface area contributed by atoms with E-state index in [1.165, 1.54) is 12.4 Å². The highest BCUT2D eigenvalue weighted by Gasteiger charge is 1.97. The van der Waals surface area contributed by atoms with Crippen molar-refractivity contribution >= 4 is 34.7 Å². The molecule has 0 atom stereocenters. The van der Waals surface area contributed by atoms with Crippen molar-refractivity contribution in [1.29, 1.82) is 0 Å². The van der Waals surface area contributed by atoms with E-state index in [4.69, 9.17) is 28.9 Å². The Bertz CT molecular complexity index is 632. The van der Waals surface area contributed by atoms with Gasteiger partial charge >= 0.3 is 0 Å². The van der Waals surface area contributed by atoms with E-state index in [0.717, 1.165) is 0 Å². The molecule has 3 heterocycles. The fraction of sp³-hybridized carbons (Fsp3) is 0. The lowest BCUT2D eigenvalue weighted by atomic mass is 10.7. The van der Waals surface area contributed by atoms with Gasteiger partial charge in [-0.2, -0.15) is 0 Å². The van der Waals surface area contributed by atoms with Crippen molar-refractivity contribution in [1.82, 2.24) is 24.3 Å². The molecular formula is C10H8Cl2N6. The number of imidazole rings is 1. The molecular weight excluding hydrogens is 275 g/mol. The Morgan fingerprint density at radius 2 is 1.44 bits per heavy atom. The van der Waals surface area contributed by atoms with Crippen LogP contribution in [0.5, 0.6) is 0 Å². The van der Waals surface area contributed by atoms with Crippen LogP contribution >= 0.6 is 23.2 Å². The highest BCUT2D eigenvalue weighted by molar-refractivity contribution is 6.32. The second kappa shape index (κ2) is 5.61. The molecule has 6 nitrogen and oxygen atoms in total. The molecule has 3 aromatic heterocycles. The van der Waals surface area contributed by atoms with Crippen LogP contribution in [0.1, 0.15) is 0 Å². The molecule has 0 saturated carbocycles. The normalized spacial score (nSPS) is 9.89. The van der Waals surface area contributed by atoms with Crippen LogP contribution in [0.3, 0.4) is 0 Å². The standard InChI is InChI=1S/C6H4ClN3.C4H4ClN3/c7-5-6-9-2-4-10(6)3-1-8-5;5-3-4(6)8-2-1-7-3/h1-4H;1-2H,(H2,6,8). The van der Waals surface area contributed by atoms with Gasteiger partial charge in [-0.05, 0) is 0 Å². The lowest BCUT2D eigenvalue weighted by molar-refractivity contribution is 1.13. The van der Waals surface area contributed by atoms with Gasteiger partial charge in [0, 0.05) is 37.2 Å². The fourth-order valence-electron chi connectivity index (χ4n) is 1.15. The summed E-state index contributed by atoms with van der Waals surface area (Å²) < 4.78 is 1.81. The zero-order valence-electron chi connectivity index (χ0n) is 9.03. The van der Waals surface area contributed by atoms with E-state index < -0.39 is 0 Å². The smallest absolute Gasteiger partial charge is 0.174 e. The van der Waals surface area contributed by atoms with Crippen LogP contribution in [0.2, 0.25) is 10.3 Å². The first kappa shape index (κ1) is 12.5. The van der Waals surface area contributed by atoms with Gasteiger partial charge in [-0.1, -0.05) is 23.2 Å². The third-order valence-corrected chi connectivity index (χ3v) is 2.51. The Kier molecular flexibility index (Phi) is 3.91. The van der Waals surface area contributed by atoms with Gasteiger partial charge in [-0.25, -0.2) is 19.9 Å². The van der Waals surface area contributed by atoms with Crippen LogP contribution in [-0.4, -0.2) is 24.3 Å². The van der Waals surface area contributed by atoms with E-state index >= 15 is 0 Å². The second-order valence-corrected chi connectivity index (χ2v) is 3.82. The molecule has 0 amide bonds. The molecule has 3 aromatic rings. The van der Waals surface area contributed by atoms with Crippen molar-refractivity contribution in [3.05, 3.63) is 47.5 Å². The molecule has 0 fully saturated rings. The van der Waals surface area contributed by atoms with E-state index in [-0.39, 0.29) is 11.0 Å². The van der Waals surface area contributed by atoms with Crippen molar-refractivity contribution in [2.75, 3.05) is 5.73 Å². The fourth-order valence-corrected chi connectivity index (χ4v) is 1.46. The van der Waals surface area contributed by atoms with Crippen molar-refractivity contribution in [3.8, 4) is 0 Å². The first-order valence-electron chi connectivity index (χ1n) is 4.83. The lowest BCUT2D eigenvalue weighted by Gasteiger charge is -1.91. The molecule has 0 aliphatic carbocycles. The number of nitrogen functional groups attached to an aromatic ring is 1. The number of hydrogen-bond donors (Lipinski definition) is 1. The highest BCUT2D eigenvalue weighted by atomic mass is 35.5. The molecule has 0 aliphatic rings. The third-order valence-electron chi connectivity index (χ3n) is 1.95. The summed E-state index contributed by atoms with van der Waals surface area (Å²) in [6.07, 6.45) is 9.91. The van der Waals surface area contributed by atoms with Gasteiger partial charge in [0.1, 0.15) is 0 Å². The minimum absolute atomic E-state index is 0.257. The van der Waals surface area contributed by atoms with Crippen LogP contribution in [0.25, 0.3) is 5.65 Å². The number of anilines is 1. The first-order valence-corrected chi connectivity index (χ1v) is 5.59. The SMILES string of the molecule is Clc1nccn2ccnc12.Nc1nccnc1Cl. The minimum Gasteiger partial charge on any atom is -0.381 e. The molecule has 0 radical (unpaired) electrons.